The van der Waals surface area contributed by atoms with Crippen LogP contribution in [0.25, 0.3) is 23.0 Å². The van der Waals surface area contributed by atoms with E-state index >= 15 is 0 Å². The Hall–Kier alpha value is -3.09. The van der Waals surface area contributed by atoms with E-state index in [-0.39, 0.29) is 12.5 Å². The van der Waals surface area contributed by atoms with Crippen molar-refractivity contribution in [3.8, 4) is 28.8 Å². The number of piperidine rings is 1. The Morgan fingerprint density at radius 2 is 2.04 bits per heavy atom. The Balaban J connectivity index is 1.42. The lowest BCUT2D eigenvalue weighted by Crippen LogP contribution is -2.38. The molecule has 3 aromatic rings. The molecule has 0 aliphatic carbocycles. The molecule has 1 aliphatic heterocycles. The molecule has 0 N–H and O–H groups in total. The Kier molecular flexibility index (Phi) is 4.68. The lowest BCUT2D eigenvalue weighted by molar-refractivity contribution is -0.134. The molecule has 7 nitrogen and oxygen atoms in total. The van der Waals surface area contributed by atoms with Gasteiger partial charge in [-0.05, 0) is 43.5 Å². The van der Waals surface area contributed by atoms with Gasteiger partial charge >= 0.3 is 0 Å². The Morgan fingerprint density at radius 1 is 1.15 bits per heavy atom. The molecule has 2 aromatic heterocycles. The second-order valence-corrected chi connectivity index (χ2v) is 6.16. The fourth-order valence-electron chi connectivity index (χ4n) is 2.95. The molecule has 1 aromatic carbocycles. The van der Waals surface area contributed by atoms with Crippen LogP contribution in [0.5, 0.6) is 5.75 Å². The molecule has 0 unspecified atom stereocenters. The molecule has 1 amide bonds. The summed E-state index contributed by atoms with van der Waals surface area (Å²) in [5.41, 5.74) is 0.745. The summed E-state index contributed by atoms with van der Waals surface area (Å²) in [6, 6.07) is 10.8. The monoisotopic (exact) mass is 353 g/mol. The minimum atomic E-state index is 0.0229. The number of carbonyl (C=O) groups is 1. The summed E-state index contributed by atoms with van der Waals surface area (Å²) in [5.74, 6) is 1.89. The SMILES string of the molecule is O=C(COc1cccc(-c2noc(-c3ccco3)n2)c1)N1CCCCC1. The number of ether oxygens (including phenoxy) is 1. The normalized spacial score (nSPS) is 14.4. The van der Waals surface area contributed by atoms with E-state index in [4.69, 9.17) is 13.7 Å². The number of hydrogen-bond acceptors (Lipinski definition) is 6. The summed E-state index contributed by atoms with van der Waals surface area (Å²) in [6.07, 6.45) is 4.87. The first-order valence-electron chi connectivity index (χ1n) is 8.68. The van der Waals surface area contributed by atoms with Gasteiger partial charge in [0.1, 0.15) is 5.75 Å². The van der Waals surface area contributed by atoms with Gasteiger partial charge in [-0.2, -0.15) is 4.98 Å². The number of carbonyl (C=O) groups excluding carboxylic acids is 1. The molecule has 4 rings (SSSR count). The number of aromatic nitrogens is 2. The summed E-state index contributed by atoms with van der Waals surface area (Å²) in [7, 11) is 0. The second-order valence-electron chi connectivity index (χ2n) is 6.16. The first-order valence-corrected chi connectivity index (χ1v) is 8.68. The highest BCUT2D eigenvalue weighted by Gasteiger charge is 2.17. The van der Waals surface area contributed by atoms with Crippen LogP contribution >= 0.6 is 0 Å². The lowest BCUT2D eigenvalue weighted by Gasteiger charge is -2.26. The molecular formula is C19H19N3O4. The van der Waals surface area contributed by atoms with Gasteiger partial charge in [-0.25, -0.2) is 0 Å². The number of furan rings is 1. The van der Waals surface area contributed by atoms with E-state index in [9.17, 15) is 4.79 Å². The molecule has 134 valence electrons. The molecule has 3 heterocycles. The average molecular weight is 353 g/mol. The highest BCUT2D eigenvalue weighted by Crippen LogP contribution is 2.25. The van der Waals surface area contributed by atoms with Crippen molar-refractivity contribution in [2.45, 2.75) is 19.3 Å². The maximum atomic E-state index is 12.2. The Labute approximate surface area is 150 Å². The van der Waals surface area contributed by atoms with Crippen molar-refractivity contribution in [1.29, 1.82) is 0 Å². The van der Waals surface area contributed by atoms with Crippen molar-refractivity contribution in [3.05, 3.63) is 42.7 Å². The summed E-state index contributed by atoms with van der Waals surface area (Å²) in [4.78, 5) is 18.4. The van der Waals surface area contributed by atoms with Gasteiger partial charge in [0.25, 0.3) is 11.8 Å². The topological polar surface area (TPSA) is 81.6 Å². The Morgan fingerprint density at radius 3 is 2.85 bits per heavy atom. The zero-order valence-corrected chi connectivity index (χ0v) is 14.3. The van der Waals surface area contributed by atoms with Crippen molar-refractivity contribution >= 4 is 5.91 Å². The third kappa shape index (κ3) is 3.61. The third-order valence-electron chi connectivity index (χ3n) is 4.32. The molecule has 0 atom stereocenters. The number of benzene rings is 1. The molecule has 1 fully saturated rings. The van der Waals surface area contributed by atoms with Crippen LogP contribution in [0.15, 0.2) is 51.6 Å². The van der Waals surface area contributed by atoms with Gasteiger partial charge in [0.15, 0.2) is 12.4 Å². The van der Waals surface area contributed by atoms with Crippen molar-refractivity contribution in [1.82, 2.24) is 15.0 Å². The van der Waals surface area contributed by atoms with Crippen LogP contribution in [0.4, 0.5) is 0 Å². The first-order chi connectivity index (χ1) is 12.8. The van der Waals surface area contributed by atoms with Gasteiger partial charge in [-0.15, -0.1) is 0 Å². The van der Waals surface area contributed by atoms with Crippen LogP contribution in [0.3, 0.4) is 0 Å². The van der Waals surface area contributed by atoms with Gasteiger partial charge in [0.05, 0.1) is 6.26 Å². The van der Waals surface area contributed by atoms with Crippen molar-refractivity contribution < 1.29 is 18.5 Å². The quantitative estimate of drug-likeness (QED) is 0.699. The number of amides is 1. The molecule has 26 heavy (non-hydrogen) atoms. The maximum absolute atomic E-state index is 12.2. The zero-order valence-electron chi connectivity index (χ0n) is 14.3. The van der Waals surface area contributed by atoms with E-state index in [0.29, 0.717) is 23.2 Å². The molecule has 0 radical (unpaired) electrons. The largest absolute Gasteiger partial charge is 0.484 e. The predicted octanol–water partition coefficient (Wildman–Crippen LogP) is 3.39. The first kappa shape index (κ1) is 16.4. The molecule has 1 saturated heterocycles. The summed E-state index contributed by atoms with van der Waals surface area (Å²) in [6.45, 7) is 1.68. The molecule has 0 spiro atoms. The number of rotatable bonds is 5. The number of hydrogen-bond donors (Lipinski definition) is 0. The van der Waals surface area contributed by atoms with Crippen LogP contribution in [0.1, 0.15) is 19.3 Å². The van der Waals surface area contributed by atoms with Gasteiger partial charge in [-0.1, -0.05) is 17.3 Å². The zero-order chi connectivity index (χ0) is 17.8. The smallest absolute Gasteiger partial charge is 0.293 e. The van der Waals surface area contributed by atoms with Gasteiger partial charge in [-0.3, -0.25) is 4.79 Å². The van der Waals surface area contributed by atoms with E-state index in [2.05, 4.69) is 10.1 Å². The van der Waals surface area contributed by atoms with Crippen LogP contribution in [0.2, 0.25) is 0 Å². The lowest BCUT2D eigenvalue weighted by atomic mass is 10.1. The van der Waals surface area contributed by atoms with Crippen LogP contribution in [-0.4, -0.2) is 40.6 Å². The molecule has 1 aliphatic rings. The fraction of sp³-hybridized carbons (Fsp3) is 0.316. The van der Waals surface area contributed by atoms with Gasteiger partial charge in [0, 0.05) is 18.7 Å². The maximum Gasteiger partial charge on any atom is 0.293 e. The Bertz CT molecular complexity index is 867. The van der Waals surface area contributed by atoms with Crippen molar-refractivity contribution in [3.63, 3.8) is 0 Å². The minimum Gasteiger partial charge on any atom is -0.484 e. The number of likely N-dealkylation sites (tertiary alicyclic amines) is 1. The van der Waals surface area contributed by atoms with Crippen molar-refractivity contribution in [2.24, 2.45) is 0 Å². The molecule has 0 bridgehead atoms. The van der Waals surface area contributed by atoms with Crippen molar-refractivity contribution in [2.75, 3.05) is 19.7 Å². The highest BCUT2D eigenvalue weighted by atomic mass is 16.5. The van der Waals surface area contributed by atoms with E-state index in [1.165, 1.54) is 6.42 Å². The minimum absolute atomic E-state index is 0.0229. The third-order valence-corrected chi connectivity index (χ3v) is 4.32. The van der Waals surface area contributed by atoms with Gasteiger partial charge in [0.2, 0.25) is 5.82 Å². The average Bonchev–Trinajstić information content (AvgIpc) is 3.38. The van der Waals surface area contributed by atoms with Gasteiger partial charge < -0.3 is 18.6 Å². The van der Waals surface area contributed by atoms with Crippen LogP contribution in [0, 0.1) is 0 Å². The molecule has 7 heteroatoms. The standard InChI is InChI=1S/C19H19N3O4/c23-17(22-9-2-1-3-10-22)13-25-15-7-4-6-14(12-15)18-20-19(26-21-18)16-8-5-11-24-16/h4-8,11-12H,1-3,9-10,13H2. The van der Waals surface area contributed by atoms with E-state index in [1.54, 1.807) is 30.5 Å². The number of nitrogens with zero attached hydrogens (tertiary/aromatic N) is 3. The van der Waals surface area contributed by atoms with E-state index in [1.807, 2.05) is 17.0 Å². The van der Waals surface area contributed by atoms with E-state index < -0.39 is 0 Å². The second kappa shape index (κ2) is 7.43. The van der Waals surface area contributed by atoms with E-state index in [0.717, 1.165) is 31.5 Å². The highest BCUT2D eigenvalue weighted by molar-refractivity contribution is 5.77. The summed E-state index contributed by atoms with van der Waals surface area (Å²) in [5, 5.41) is 3.98. The van der Waals surface area contributed by atoms with Crippen LogP contribution in [-0.2, 0) is 4.79 Å². The summed E-state index contributed by atoms with van der Waals surface area (Å²) >= 11 is 0. The fourth-order valence-corrected chi connectivity index (χ4v) is 2.95. The predicted molar refractivity (Wildman–Crippen MR) is 93.4 cm³/mol. The molecule has 0 saturated carbocycles. The van der Waals surface area contributed by atoms with Crippen LogP contribution < -0.4 is 4.74 Å². The molecular weight excluding hydrogens is 334 g/mol. The summed E-state index contributed by atoms with van der Waals surface area (Å²) < 4.78 is 16.1.